The number of anilines is 2. The van der Waals surface area contributed by atoms with Crippen LogP contribution in [0.5, 0.6) is 0 Å². The van der Waals surface area contributed by atoms with Crippen molar-refractivity contribution >= 4 is 65.0 Å². The molecule has 0 spiro atoms. The molecule has 2 N–H and O–H groups in total. The first-order valence-electron chi connectivity index (χ1n) is 9.25. The molecule has 4 aromatic rings. The van der Waals surface area contributed by atoms with Crippen LogP contribution in [0, 0.1) is 0 Å². The van der Waals surface area contributed by atoms with Gasteiger partial charge in [-0.25, -0.2) is 13.2 Å². The van der Waals surface area contributed by atoms with Gasteiger partial charge in [-0.15, -0.1) is 10.2 Å². The second-order valence-corrected chi connectivity index (χ2v) is 10.2. The normalized spacial score (nSPS) is 11.4. The van der Waals surface area contributed by atoms with Crippen molar-refractivity contribution in [2.24, 2.45) is 0 Å². The average Bonchev–Trinajstić information content (AvgIpc) is 3.20. The molecular weight excluding hydrogens is 520 g/mol. The molecule has 0 aliphatic carbocycles. The second-order valence-electron chi connectivity index (χ2n) is 6.57. The van der Waals surface area contributed by atoms with E-state index >= 15 is 0 Å². The van der Waals surface area contributed by atoms with Gasteiger partial charge in [0.2, 0.25) is 5.13 Å². The van der Waals surface area contributed by atoms with Crippen LogP contribution < -0.4 is 15.7 Å². The first-order chi connectivity index (χ1) is 15.2. The Morgan fingerprint density at radius 1 is 1.12 bits per heavy atom. The second kappa shape index (κ2) is 8.81. The molecule has 0 saturated heterocycles. The van der Waals surface area contributed by atoms with Crippen molar-refractivity contribution < 1.29 is 17.6 Å². The fourth-order valence-electron chi connectivity index (χ4n) is 2.78. The number of rotatable bonds is 6. The van der Waals surface area contributed by atoms with E-state index in [9.17, 15) is 18.0 Å². The Kier molecular flexibility index (Phi) is 6.09. The molecule has 0 aliphatic heterocycles. The highest BCUT2D eigenvalue weighted by molar-refractivity contribution is 9.10. The van der Waals surface area contributed by atoms with Crippen molar-refractivity contribution in [2.45, 2.75) is 18.2 Å². The summed E-state index contributed by atoms with van der Waals surface area (Å²) >= 11 is 4.49. The number of fused-ring (bicyclic) bond motifs is 1. The molecule has 2 aromatic heterocycles. The van der Waals surface area contributed by atoms with Gasteiger partial charge in [-0.2, -0.15) is 0 Å². The molecule has 9 nitrogen and oxygen atoms in total. The quantitative estimate of drug-likeness (QED) is 0.357. The summed E-state index contributed by atoms with van der Waals surface area (Å²) in [5, 5.41) is 11.7. The number of carbonyl (C=O) groups is 1. The van der Waals surface area contributed by atoms with E-state index in [1.165, 1.54) is 30.3 Å². The van der Waals surface area contributed by atoms with Gasteiger partial charge >= 0.3 is 5.63 Å². The van der Waals surface area contributed by atoms with Crippen molar-refractivity contribution in [1.82, 2.24) is 10.2 Å². The number of carbonyl (C=O) groups excluding carboxylic acids is 1. The van der Waals surface area contributed by atoms with E-state index in [0.29, 0.717) is 28.1 Å². The van der Waals surface area contributed by atoms with Gasteiger partial charge in [0, 0.05) is 15.5 Å². The Morgan fingerprint density at radius 3 is 2.56 bits per heavy atom. The molecule has 0 aliphatic rings. The van der Waals surface area contributed by atoms with E-state index in [0.717, 1.165) is 15.8 Å². The summed E-state index contributed by atoms with van der Waals surface area (Å²) in [5.41, 5.74) is -0.272. The van der Waals surface area contributed by atoms with Gasteiger partial charge in [-0.3, -0.25) is 9.52 Å². The maximum atomic E-state index is 12.6. The van der Waals surface area contributed by atoms with Crippen LogP contribution in [-0.2, 0) is 16.4 Å². The first kappa shape index (κ1) is 22.1. The molecule has 2 aromatic carbocycles. The Morgan fingerprint density at radius 2 is 1.88 bits per heavy atom. The van der Waals surface area contributed by atoms with Gasteiger partial charge in [0.15, 0.2) is 0 Å². The van der Waals surface area contributed by atoms with E-state index in [1.807, 2.05) is 6.92 Å². The predicted octanol–water partition coefficient (Wildman–Crippen LogP) is 4.02. The molecule has 4 rings (SSSR count). The fraction of sp³-hybridized carbons (Fsp3) is 0.100. The summed E-state index contributed by atoms with van der Waals surface area (Å²) in [6.07, 6.45) is 0.653. The third kappa shape index (κ3) is 4.71. The Balaban J connectivity index is 1.52. The van der Waals surface area contributed by atoms with Crippen LogP contribution >= 0.6 is 27.3 Å². The van der Waals surface area contributed by atoms with Gasteiger partial charge in [-0.1, -0.05) is 34.2 Å². The summed E-state index contributed by atoms with van der Waals surface area (Å²) in [6.45, 7) is 1.90. The zero-order valence-electron chi connectivity index (χ0n) is 16.5. The number of aryl methyl sites for hydroxylation is 1. The van der Waals surface area contributed by atoms with Crippen molar-refractivity contribution in [3.63, 3.8) is 0 Å². The maximum Gasteiger partial charge on any atom is 0.349 e. The maximum absolute atomic E-state index is 12.6. The molecule has 0 fully saturated rings. The van der Waals surface area contributed by atoms with Crippen LogP contribution in [0.4, 0.5) is 10.8 Å². The lowest BCUT2D eigenvalue weighted by molar-refractivity contribution is 0.102. The van der Waals surface area contributed by atoms with Crippen LogP contribution in [0.1, 0.15) is 22.3 Å². The number of aromatic nitrogens is 2. The number of hydrogen-bond acceptors (Lipinski definition) is 8. The van der Waals surface area contributed by atoms with Crippen molar-refractivity contribution in [2.75, 3.05) is 10.0 Å². The molecule has 0 radical (unpaired) electrons. The molecule has 32 heavy (non-hydrogen) atoms. The lowest BCUT2D eigenvalue weighted by Gasteiger charge is -2.08. The Hall–Kier alpha value is -3.09. The van der Waals surface area contributed by atoms with Crippen molar-refractivity contribution in [3.8, 4) is 0 Å². The third-order valence-corrected chi connectivity index (χ3v) is 7.31. The van der Waals surface area contributed by atoms with Gasteiger partial charge < -0.3 is 9.73 Å². The molecule has 0 atom stereocenters. The summed E-state index contributed by atoms with van der Waals surface area (Å²) in [6, 6.07) is 12.0. The highest BCUT2D eigenvalue weighted by atomic mass is 79.9. The number of halogens is 1. The molecule has 1 amide bonds. The number of amides is 1. The molecule has 164 valence electrons. The highest BCUT2D eigenvalue weighted by Crippen LogP contribution is 2.22. The molecule has 2 heterocycles. The topological polar surface area (TPSA) is 131 Å². The number of hydrogen-bond donors (Lipinski definition) is 2. The number of sulfonamides is 1. The standard InChI is InChI=1S/C20H15BrN4O5S2/c1-2-17-23-24-20(31-17)25-32(28,29)14-6-4-13(5-7-14)22-18(26)15-10-11-9-12(21)3-8-16(11)30-19(15)27/h3-10H,2H2,1H3,(H,22,26)(H,24,25). The Bertz CT molecular complexity index is 1480. The van der Waals surface area contributed by atoms with Crippen molar-refractivity contribution in [1.29, 1.82) is 0 Å². The van der Waals surface area contributed by atoms with E-state index in [4.69, 9.17) is 4.42 Å². The van der Waals surface area contributed by atoms with Crippen LogP contribution in [0.25, 0.3) is 11.0 Å². The summed E-state index contributed by atoms with van der Waals surface area (Å²) < 4.78 is 33.4. The first-order valence-corrected chi connectivity index (χ1v) is 12.3. The Labute approximate surface area is 194 Å². The van der Waals surface area contributed by atoms with Crippen LogP contribution in [0.2, 0.25) is 0 Å². The minimum absolute atomic E-state index is 0.0150. The number of nitrogens with zero attached hydrogens (tertiary/aromatic N) is 2. The minimum Gasteiger partial charge on any atom is -0.422 e. The van der Waals surface area contributed by atoms with E-state index in [1.54, 1.807) is 18.2 Å². The molecular formula is C20H15BrN4O5S2. The minimum atomic E-state index is -3.86. The third-order valence-electron chi connectivity index (χ3n) is 4.35. The smallest absolute Gasteiger partial charge is 0.349 e. The van der Waals surface area contributed by atoms with Crippen LogP contribution in [-0.4, -0.2) is 24.5 Å². The van der Waals surface area contributed by atoms with Crippen LogP contribution in [0.15, 0.2) is 67.1 Å². The van der Waals surface area contributed by atoms with E-state index in [2.05, 4.69) is 36.2 Å². The summed E-state index contributed by atoms with van der Waals surface area (Å²) in [5.74, 6) is -0.671. The van der Waals surface area contributed by atoms with Gasteiger partial charge in [0.25, 0.3) is 15.9 Å². The fourth-order valence-corrected chi connectivity index (χ4v) is 5.07. The van der Waals surface area contributed by atoms with Gasteiger partial charge in [0.05, 0.1) is 4.90 Å². The lowest BCUT2D eigenvalue weighted by atomic mass is 10.1. The van der Waals surface area contributed by atoms with Crippen LogP contribution in [0.3, 0.4) is 0 Å². The SMILES string of the molecule is CCc1nnc(NS(=O)(=O)c2ccc(NC(=O)c3cc4cc(Br)ccc4oc3=O)cc2)s1. The van der Waals surface area contributed by atoms with Gasteiger partial charge in [0.1, 0.15) is 16.2 Å². The predicted molar refractivity (Wildman–Crippen MR) is 125 cm³/mol. The summed E-state index contributed by atoms with van der Waals surface area (Å²) in [7, 11) is -3.86. The zero-order valence-corrected chi connectivity index (χ0v) is 19.7. The van der Waals surface area contributed by atoms with Crippen molar-refractivity contribution in [3.05, 3.63) is 74.0 Å². The average molecular weight is 535 g/mol. The van der Waals surface area contributed by atoms with E-state index < -0.39 is 21.6 Å². The molecule has 0 unspecified atom stereocenters. The lowest BCUT2D eigenvalue weighted by Crippen LogP contribution is -2.20. The zero-order chi connectivity index (χ0) is 22.9. The number of nitrogens with one attached hydrogen (secondary N) is 2. The number of benzene rings is 2. The largest absolute Gasteiger partial charge is 0.422 e. The molecule has 0 saturated carbocycles. The van der Waals surface area contributed by atoms with E-state index in [-0.39, 0.29) is 15.6 Å². The molecule has 12 heteroatoms. The van der Waals surface area contributed by atoms with Gasteiger partial charge in [-0.05, 0) is 55.0 Å². The molecule has 0 bridgehead atoms. The highest BCUT2D eigenvalue weighted by Gasteiger charge is 2.18. The summed E-state index contributed by atoms with van der Waals surface area (Å²) in [4.78, 5) is 24.8. The monoisotopic (exact) mass is 534 g/mol.